The molecule has 0 aromatic heterocycles. The molecule has 0 saturated carbocycles. The Hall–Kier alpha value is -2.53. The number of allylic oxidation sites excluding steroid dienone is 4. The fraction of sp³-hybridized carbons (Fsp3) is 0.381. The van der Waals surface area contributed by atoms with E-state index >= 15 is 0 Å². The summed E-state index contributed by atoms with van der Waals surface area (Å²) in [6.45, 7) is 3.26. The summed E-state index contributed by atoms with van der Waals surface area (Å²) in [5.41, 5.74) is 1.44. The van der Waals surface area contributed by atoms with Gasteiger partial charge in [-0.15, -0.1) is 0 Å². The van der Waals surface area contributed by atoms with Crippen LogP contribution in [0, 0.1) is 0 Å². The molecule has 1 aliphatic heterocycles. The molecule has 26 heavy (non-hydrogen) atoms. The zero-order chi connectivity index (χ0) is 18.5. The smallest absolute Gasteiger partial charge is 0.222 e. The first-order valence-corrected chi connectivity index (χ1v) is 9.04. The van der Waals surface area contributed by atoms with E-state index in [1.54, 1.807) is 0 Å². The number of nitrogens with zero attached hydrogens (tertiary/aromatic N) is 2. The number of carbonyl (C=O) groups is 3. The van der Waals surface area contributed by atoms with Crippen molar-refractivity contribution in [1.29, 1.82) is 0 Å². The first-order chi connectivity index (χ1) is 12.5. The average molecular weight is 352 g/mol. The van der Waals surface area contributed by atoms with Crippen LogP contribution in [0.3, 0.4) is 0 Å². The Morgan fingerprint density at radius 3 is 2.42 bits per heavy atom. The van der Waals surface area contributed by atoms with Gasteiger partial charge in [0.2, 0.25) is 5.91 Å². The van der Waals surface area contributed by atoms with Crippen LogP contribution in [0.2, 0.25) is 0 Å². The second-order valence-electron chi connectivity index (χ2n) is 6.89. The van der Waals surface area contributed by atoms with Gasteiger partial charge < -0.3 is 9.80 Å². The van der Waals surface area contributed by atoms with Crippen LogP contribution in [0.5, 0.6) is 0 Å². The van der Waals surface area contributed by atoms with E-state index < -0.39 is 0 Å². The van der Waals surface area contributed by atoms with Crippen LogP contribution in [0.15, 0.2) is 54.1 Å². The van der Waals surface area contributed by atoms with Gasteiger partial charge in [0.15, 0.2) is 11.6 Å². The number of benzene rings is 1. The van der Waals surface area contributed by atoms with Gasteiger partial charge in [-0.2, -0.15) is 0 Å². The molecule has 1 aromatic carbocycles. The van der Waals surface area contributed by atoms with Gasteiger partial charge in [0.1, 0.15) is 0 Å². The Morgan fingerprint density at radius 2 is 1.73 bits per heavy atom. The van der Waals surface area contributed by atoms with Crippen LogP contribution in [0.25, 0.3) is 0 Å². The molecule has 1 heterocycles. The van der Waals surface area contributed by atoms with Crippen molar-refractivity contribution in [2.75, 3.05) is 33.2 Å². The van der Waals surface area contributed by atoms with Gasteiger partial charge in [-0.1, -0.05) is 30.3 Å². The van der Waals surface area contributed by atoms with E-state index in [4.69, 9.17) is 0 Å². The second-order valence-corrected chi connectivity index (χ2v) is 6.89. The molecular weight excluding hydrogens is 328 g/mol. The number of likely N-dealkylation sites (N-methyl/N-ethyl adjacent to an activating group) is 1. The van der Waals surface area contributed by atoms with Crippen LogP contribution in [-0.2, 0) is 14.4 Å². The lowest BCUT2D eigenvalue weighted by molar-refractivity contribution is -0.133. The van der Waals surface area contributed by atoms with Crippen molar-refractivity contribution in [1.82, 2.24) is 9.80 Å². The van der Waals surface area contributed by atoms with Gasteiger partial charge in [0, 0.05) is 44.1 Å². The zero-order valence-corrected chi connectivity index (χ0v) is 15.1. The molecule has 2 aliphatic rings. The Bertz CT molecular complexity index is 744. The molecule has 136 valence electrons. The summed E-state index contributed by atoms with van der Waals surface area (Å²) in [5, 5.41) is 0. The molecule has 0 spiro atoms. The lowest BCUT2D eigenvalue weighted by Crippen LogP contribution is -2.47. The Balaban J connectivity index is 1.74. The summed E-state index contributed by atoms with van der Waals surface area (Å²) in [6.07, 6.45) is 4.93. The van der Waals surface area contributed by atoms with E-state index in [1.807, 2.05) is 35.2 Å². The summed E-state index contributed by atoms with van der Waals surface area (Å²) >= 11 is 0. The maximum atomic E-state index is 12.6. The monoisotopic (exact) mass is 352 g/mol. The van der Waals surface area contributed by atoms with Gasteiger partial charge in [-0.3, -0.25) is 14.4 Å². The minimum Gasteiger partial charge on any atom is -0.340 e. The Morgan fingerprint density at radius 1 is 1.04 bits per heavy atom. The number of hydrogen-bond donors (Lipinski definition) is 0. The molecule has 1 aromatic rings. The molecule has 5 nitrogen and oxygen atoms in total. The summed E-state index contributed by atoms with van der Waals surface area (Å²) in [4.78, 5) is 40.8. The van der Waals surface area contributed by atoms with Gasteiger partial charge in [0.05, 0.1) is 0 Å². The van der Waals surface area contributed by atoms with E-state index in [0.29, 0.717) is 18.4 Å². The standard InChI is InChI=1S/C21H24N2O3/c1-22-11-13-23(14-12-22)21(26)10-8-18(16-5-3-2-4-6-16)19-15-17(24)7-9-20(19)25/h2-7,9,15,18H,8,10-14H2,1H3. The molecule has 1 unspecified atom stereocenters. The Kier molecular flexibility index (Phi) is 5.78. The molecule has 1 fully saturated rings. The quantitative estimate of drug-likeness (QED) is 0.760. The molecule has 1 atom stereocenters. The maximum Gasteiger partial charge on any atom is 0.222 e. The van der Waals surface area contributed by atoms with Crippen LogP contribution in [-0.4, -0.2) is 60.5 Å². The highest BCUT2D eigenvalue weighted by Crippen LogP contribution is 2.31. The van der Waals surface area contributed by atoms with E-state index in [-0.39, 0.29) is 23.4 Å². The van der Waals surface area contributed by atoms with E-state index in [9.17, 15) is 14.4 Å². The molecule has 1 saturated heterocycles. The summed E-state index contributed by atoms with van der Waals surface area (Å²) in [7, 11) is 2.05. The van der Waals surface area contributed by atoms with Crippen LogP contribution < -0.4 is 0 Å². The molecule has 1 amide bonds. The maximum absolute atomic E-state index is 12.6. The minimum absolute atomic E-state index is 0.116. The van der Waals surface area contributed by atoms with Crippen LogP contribution >= 0.6 is 0 Å². The predicted octanol–water partition coefficient (Wildman–Crippen LogP) is 1.96. The highest BCUT2D eigenvalue weighted by Gasteiger charge is 2.26. The minimum atomic E-state index is -0.242. The number of ketones is 2. The van der Waals surface area contributed by atoms with Crippen LogP contribution in [0.1, 0.15) is 24.3 Å². The predicted molar refractivity (Wildman–Crippen MR) is 99.7 cm³/mol. The van der Waals surface area contributed by atoms with Crippen LogP contribution in [0.4, 0.5) is 0 Å². The zero-order valence-electron chi connectivity index (χ0n) is 15.1. The average Bonchev–Trinajstić information content (AvgIpc) is 2.66. The van der Waals surface area contributed by atoms with Crippen molar-refractivity contribution in [2.24, 2.45) is 0 Å². The first-order valence-electron chi connectivity index (χ1n) is 9.04. The highest BCUT2D eigenvalue weighted by atomic mass is 16.2. The van der Waals surface area contributed by atoms with E-state index in [0.717, 1.165) is 31.7 Å². The third kappa shape index (κ3) is 4.35. The summed E-state index contributed by atoms with van der Waals surface area (Å²) < 4.78 is 0. The van der Waals surface area contributed by atoms with E-state index in [1.165, 1.54) is 18.2 Å². The molecular formula is C21H24N2O3. The largest absolute Gasteiger partial charge is 0.340 e. The molecule has 0 radical (unpaired) electrons. The van der Waals surface area contributed by atoms with Gasteiger partial charge in [-0.25, -0.2) is 0 Å². The SMILES string of the molecule is CN1CCN(C(=O)CCC(C2=CC(=O)C=CC2=O)c2ccccc2)CC1. The third-order valence-electron chi connectivity index (χ3n) is 5.06. The molecule has 5 heteroatoms. The normalized spacial score (nSPS) is 19.4. The number of amides is 1. The lowest BCUT2D eigenvalue weighted by Gasteiger charge is -2.33. The van der Waals surface area contributed by atoms with Gasteiger partial charge in [0.25, 0.3) is 0 Å². The second kappa shape index (κ2) is 8.23. The molecule has 0 bridgehead atoms. The fourth-order valence-corrected chi connectivity index (χ4v) is 3.47. The van der Waals surface area contributed by atoms with Crippen molar-refractivity contribution >= 4 is 17.5 Å². The molecule has 3 rings (SSSR count). The molecule has 1 aliphatic carbocycles. The lowest BCUT2D eigenvalue weighted by atomic mass is 9.82. The number of rotatable bonds is 5. The number of hydrogen-bond acceptors (Lipinski definition) is 4. The summed E-state index contributed by atoms with van der Waals surface area (Å²) in [6, 6.07) is 9.63. The van der Waals surface area contributed by atoms with Crippen molar-refractivity contribution < 1.29 is 14.4 Å². The van der Waals surface area contributed by atoms with Crippen molar-refractivity contribution in [2.45, 2.75) is 18.8 Å². The fourth-order valence-electron chi connectivity index (χ4n) is 3.47. The number of carbonyl (C=O) groups excluding carboxylic acids is 3. The highest BCUT2D eigenvalue weighted by molar-refractivity contribution is 6.18. The van der Waals surface area contributed by atoms with E-state index in [2.05, 4.69) is 11.9 Å². The van der Waals surface area contributed by atoms with Crippen molar-refractivity contribution in [3.05, 3.63) is 59.7 Å². The number of piperazine rings is 1. The van der Waals surface area contributed by atoms with Gasteiger partial charge in [-0.05, 0) is 37.3 Å². The Labute approximate surface area is 154 Å². The van der Waals surface area contributed by atoms with Crippen molar-refractivity contribution in [3.8, 4) is 0 Å². The molecule has 0 N–H and O–H groups in total. The van der Waals surface area contributed by atoms with Crippen molar-refractivity contribution in [3.63, 3.8) is 0 Å². The third-order valence-corrected chi connectivity index (χ3v) is 5.06. The van der Waals surface area contributed by atoms with Gasteiger partial charge >= 0.3 is 0 Å². The topological polar surface area (TPSA) is 57.7 Å². The first kappa shape index (κ1) is 18.3. The summed E-state index contributed by atoms with van der Waals surface area (Å²) in [5.74, 6) is -0.449.